The standard InChI is InChI=1S/C32H26O2/c33-24-34-21-20-25-16-17-27-23-31(19-18-26(27)22-25)32(28-10-4-1-5-11-28,29-12-6-2-7-13-29)30-14-8-3-9-15-30/h1-19,22-24H,20-21H2. The minimum atomic E-state index is -0.450. The van der Waals surface area contributed by atoms with Crippen molar-refractivity contribution in [2.75, 3.05) is 6.61 Å². The molecule has 0 amide bonds. The molecular formula is C32H26O2. The molecule has 0 heterocycles. The molecule has 5 aromatic rings. The molecule has 0 saturated carbocycles. The molecule has 0 bridgehead atoms. The van der Waals surface area contributed by atoms with Gasteiger partial charge in [-0.3, -0.25) is 4.79 Å². The Morgan fingerprint density at radius 1 is 0.559 bits per heavy atom. The smallest absolute Gasteiger partial charge is 0.293 e. The summed E-state index contributed by atoms with van der Waals surface area (Å²) in [4.78, 5) is 10.5. The van der Waals surface area contributed by atoms with E-state index in [9.17, 15) is 4.79 Å². The zero-order valence-electron chi connectivity index (χ0n) is 18.9. The highest BCUT2D eigenvalue weighted by atomic mass is 16.5. The Bertz CT molecular complexity index is 1280. The van der Waals surface area contributed by atoms with Gasteiger partial charge in [-0.25, -0.2) is 0 Å². The average molecular weight is 443 g/mol. The van der Waals surface area contributed by atoms with E-state index in [1.807, 2.05) is 0 Å². The van der Waals surface area contributed by atoms with E-state index in [-0.39, 0.29) is 0 Å². The fraction of sp³-hybridized carbons (Fsp3) is 0.0938. The molecular weight excluding hydrogens is 416 g/mol. The number of rotatable bonds is 8. The third-order valence-corrected chi connectivity index (χ3v) is 6.53. The fourth-order valence-corrected chi connectivity index (χ4v) is 4.97. The van der Waals surface area contributed by atoms with Crippen LogP contribution in [0.5, 0.6) is 0 Å². The number of hydrogen-bond donors (Lipinski definition) is 0. The van der Waals surface area contributed by atoms with Gasteiger partial charge in [0.15, 0.2) is 0 Å². The normalized spacial score (nSPS) is 11.3. The van der Waals surface area contributed by atoms with Gasteiger partial charge in [0.25, 0.3) is 6.47 Å². The van der Waals surface area contributed by atoms with Crippen molar-refractivity contribution in [3.63, 3.8) is 0 Å². The summed E-state index contributed by atoms with van der Waals surface area (Å²) in [6.45, 7) is 0.899. The SMILES string of the molecule is O=COCCc1ccc2cc(C(c3ccccc3)(c3ccccc3)c3ccccc3)ccc2c1. The van der Waals surface area contributed by atoms with Gasteiger partial charge in [-0.15, -0.1) is 0 Å². The summed E-state index contributed by atoms with van der Waals surface area (Å²) in [6, 6.07) is 45.5. The van der Waals surface area contributed by atoms with E-state index in [1.165, 1.54) is 33.0 Å². The number of ether oxygens (including phenoxy) is 1. The van der Waals surface area contributed by atoms with E-state index in [0.717, 1.165) is 5.56 Å². The van der Waals surface area contributed by atoms with Crippen LogP contribution in [0, 0.1) is 0 Å². The molecule has 34 heavy (non-hydrogen) atoms. The molecule has 5 aromatic carbocycles. The van der Waals surface area contributed by atoms with Crippen LogP contribution in [-0.4, -0.2) is 13.1 Å². The number of hydrogen-bond acceptors (Lipinski definition) is 2. The van der Waals surface area contributed by atoms with Crippen LogP contribution in [0.3, 0.4) is 0 Å². The van der Waals surface area contributed by atoms with Gasteiger partial charge < -0.3 is 4.74 Å². The van der Waals surface area contributed by atoms with Gasteiger partial charge in [0, 0.05) is 6.42 Å². The zero-order chi connectivity index (χ0) is 23.2. The van der Waals surface area contributed by atoms with Gasteiger partial charge in [-0.2, -0.15) is 0 Å². The molecule has 0 atom stereocenters. The van der Waals surface area contributed by atoms with Gasteiger partial charge in [0.05, 0.1) is 12.0 Å². The van der Waals surface area contributed by atoms with Crippen molar-refractivity contribution in [1.82, 2.24) is 0 Å². The fourth-order valence-electron chi connectivity index (χ4n) is 4.97. The lowest BCUT2D eigenvalue weighted by Crippen LogP contribution is -2.30. The van der Waals surface area contributed by atoms with Crippen molar-refractivity contribution in [3.8, 4) is 0 Å². The Morgan fingerprint density at radius 2 is 1.06 bits per heavy atom. The quantitative estimate of drug-likeness (QED) is 0.148. The first-order chi connectivity index (χ1) is 16.8. The largest absolute Gasteiger partial charge is 0.468 e. The molecule has 5 rings (SSSR count). The highest BCUT2D eigenvalue weighted by Gasteiger charge is 2.38. The van der Waals surface area contributed by atoms with Crippen molar-refractivity contribution in [2.45, 2.75) is 11.8 Å². The maximum absolute atomic E-state index is 10.5. The Kier molecular flexibility index (Phi) is 6.22. The predicted molar refractivity (Wildman–Crippen MR) is 138 cm³/mol. The van der Waals surface area contributed by atoms with Gasteiger partial charge >= 0.3 is 0 Å². The van der Waals surface area contributed by atoms with Crippen LogP contribution in [0.4, 0.5) is 0 Å². The summed E-state index contributed by atoms with van der Waals surface area (Å²) in [6.07, 6.45) is 0.707. The van der Waals surface area contributed by atoms with E-state index >= 15 is 0 Å². The Balaban J connectivity index is 1.73. The van der Waals surface area contributed by atoms with Crippen LogP contribution < -0.4 is 0 Å². The summed E-state index contributed by atoms with van der Waals surface area (Å²) in [5, 5.41) is 2.36. The number of carbonyl (C=O) groups excluding carboxylic acids is 1. The van der Waals surface area contributed by atoms with Crippen LogP contribution in [0.1, 0.15) is 27.8 Å². The van der Waals surface area contributed by atoms with Crippen LogP contribution in [0.15, 0.2) is 127 Å². The second-order valence-corrected chi connectivity index (χ2v) is 8.46. The summed E-state index contributed by atoms with van der Waals surface area (Å²) < 4.78 is 4.88. The number of fused-ring (bicyclic) bond motifs is 1. The molecule has 2 heteroatoms. The zero-order valence-corrected chi connectivity index (χ0v) is 18.9. The van der Waals surface area contributed by atoms with E-state index in [2.05, 4.69) is 127 Å². The number of benzene rings is 5. The van der Waals surface area contributed by atoms with Gasteiger partial charge in [-0.05, 0) is 44.7 Å². The molecule has 0 aliphatic rings. The van der Waals surface area contributed by atoms with Crippen molar-refractivity contribution in [3.05, 3.63) is 155 Å². The lowest BCUT2D eigenvalue weighted by atomic mass is 9.65. The molecule has 166 valence electrons. The second-order valence-electron chi connectivity index (χ2n) is 8.46. The van der Waals surface area contributed by atoms with Crippen LogP contribution >= 0.6 is 0 Å². The molecule has 0 aromatic heterocycles. The molecule has 0 unspecified atom stereocenters. The average Bonchev–Trinajstić information content (AvgIpc) is 2.91. The van der Waals surface area contributed by atoms with Crippen LogP contribution in [0.2, 0.25) is 0 Å². The third-order valence-electron chi connectivity index (χ3n) is 6.53. The number of carbonyl (C=O) groups is 1. The van der Waals surface area contributed by atoms with Gasteiger partial charge in [0.2, 0.25) is 0 Å². The van der Waals surface area contributed by atoms with E-state index in [1.54, 1.807) is 0 Å². The van der Waals surface area contributed by atoms with E-state index < -0.39 is 5.41 Å². The highest BCUT2D eigenvalue weighted by Crippen LogP contribution is 2.45. The molecule has 0 fully saturated rings. The molecule has 0 aliphatic heterocycles. The highest BCUT2D eigenvalue weighted by molar-refractivity contribution is 5.85. The van der Waals surface area contributed by atoms with Crippen molar-refractivity contribution in [2.24, 2.45) is 0 Å². The Morgan fingerprint density at radius 3 is 1.59 bits per heavy atom. The maximum Gasteiger partial charge on any atom is 0.293 e. The summed E-state index contributed by atoms with van der Waals surface area (Å²) >= 11 is 0. The second kappa shape index (κ2) is 9.76. The summed E-state index contributed by atoms with van der Waals surface area (Å²) in [5.74, 6) is 0. The van der Waals surface area contributed by atoms with E-state index in [4.69, 9.17) is 4.74 Å². The van der Waals surface area contributed by atoms with E-state index in [0.29, 0.717) is 19.5 Å². The third kappa shape index (κ3) is 3.99. The molecule has 0 N–H and O–H groups in total. The van der Waals surface area contributed by atoms with Crippen LogP contribution in [0.25, 0.3) is 10.8 Å². The first-order valence-corrected chi connectivity index (χ1v) is 11.6. The monoisotopic (exact) mass is 442 g/mol. The summed E-state index contributed by atoms with van der Waals surface area (Å²) in [7, 11) is 0. The maximum atomic E-state index is 10.5. The molecule has 0 spiro atoms. The summed E-state index contributed by atoms with van der Waals surface area (Å²) in [5.41, 5.74) is 5.62. The Hall–Kier alpha value is -4.17. The predicted octanol–water partition coefficient (Wildman–Crippen LogP) is 6.94. The first-order valence-electron chi connectivity index (χ1n) is 11.6. The topological polar surface area (TPSA) is 26.3 Å². The molecule has 2 nitrogen and oxygen atoms in total. The first kappa shape index (κ1) is 21.7. The molecule has 0 radical (unpaired) electrons. The van der Waals surface area contributed by atoms with Gasteiger partial charge in [-0.1, -0.05) is 121 Å². The lowest BCUT2D eigenvalue weighted by molar-refractivity contribution is -0.128. The molecule has 0 aliphatic carbocycles. The van der Waals surface area contributed by atoms with Crippen molar-refractivity contribution in [1.29, 1.82) is 0 Å². The minimum Gasteiger partial charge on any atom is -0.468 e. The van der Waals surface area contributed by atoms with Crippen molar-refractivity contribution < 1.29 is 9.53 Å². The Labute approximate surface area is 200 Å². The van der Waals surface area contributed by atoms with Gasteiger partial charge in [0.1, 0.15) is 0 Å². The minimum absolute atomic E-state index is 0.395. The molecule has 0 saturated heterocycles. The van der Waals surface area contributed by atoms with Crippen LogP contribution in [-0.2, 0) is 21.4 Å². The van der Waals surface area contributed by atoms with Crippen molar-refractivity contribution >= 4 is 17.2 Å². The lowest BCUT2D eigenvalue weighted by Gasteiger charge is -2.37.